The molecule has 3 atom stereocenters. The largest absolute Gasteiger partial charge is 0.399 e. The Balaban J connectivity index is 1.80. The molecule has 0 heterocycles. The SMILES string of the molecule is C=CCC[C@H]1CCC[C@@H](O[Si](C)(C#Cc2ccccc2)c2ccccc2)C1. The van der Waals surface area contributed by atoms with Gasteiger partial charge in [-0.15, -0.1) is 6.58 Å². The van der Waals surface area contributed by atoms with Crippen molar-refractivity contribution in [1.29, 1.82) is 0 Å². The van der Waals surface area contributed by atoms with Crippen LogP contribution in [0.4, 0.5) is 0 Å². The zero-order valence-electron chi connectivity index (χ0n) is 16.4. The zero-order chi connectivity index (χ0) is 19.0. The van der Waals surface area contributed by atoms with E-state index in [2.05, 4.69) is 67.1 Å². The first-order valence-electron chi connectivity index (χ1n) is 10.1. The van der Waals surface area contributed by atoms with Gasteiger partial charge in [0.1, 0.15) is 0 Å². The van der Waals surface area contributed by atoms with Crippen molar-refractivity contribution in [1.82, 2.24) is 0 Å². The molecule has 0 aromatic heterocycles. The third-order valence-corrected chi connectivity index (χ3v) is 8.30. The van der Waals surface area contributed by atoms with E-state index in [4.69, 9.17) is 4.43 Å². The molecule has 0 bridgehead atoms. The topological polar surface area (TPSA) is 9.23 Å². The fourth-order valence-electron chi connectivity index (χ4n) is 3.94. The van der Waals surface area contributed by atoms with Crippen LogP contribution >= 0.6 is 0 Å². The minimum atomic E-state index is -2.34. The highest BCUT2D eigenvalue weighted by molar-refractivity contribution is 6.92. The molecule has 0 aliphatic heterocycles. The van der Waals surface area contributed by atoms with Crippen LogP contribution in [0.2, 0.25) is 6.55 Å². The molecule has 1 nitrogen and oxygen atoms in total. The minimum Gasteiger partial charge on any atom is -0.399 e. The van der Waals surface area contributed by atoms with E-state index in [0.717, 1.165) is 30.7 Å². The number of rotatable bonds is 6. The van der Waals surface area contributed by atoms with Gasteiger partial charge in [0.05, 0.1) is 0 Å². The van der Waals surface area contributed by atoms with Crippen molar-refractivity contribution in [3.05, 3.63) is 78.9 Å². The molecule has 1 fully saturated rings. The number of allylic oxidation sites excluding steroid dienone is 1. The number of hydrogen-bond donors (Lipinski definition) is 0. The van der Waals surface area contributed by atoms with Gasteiger partial charge < -0.3 is 4.43 Å². The Bertz CT molecular complexity index is 774. The summed E-state index contributed by atoms with van der Waals surface area (Å²) in [5.74, 6) is 4.15. The first-order chi connectivity index (χ1) is 13.2. The van der Waals surface area contributed by atoms with Gasteiger partial charge in [-0.3, -0.25) is 0 Å². The van der Waals surface area contributed by atoms with Crippen LogP contribution in [-0.4, -0.2) is 14.4 Å². The molecule has 0 saturated heterocycles. The van der Waals surface area contributed by atoms with Crippen molar-refractivity contribution in [3.63, 3.8) is 0 Å². The molecule has 2 aromatic carbocycles. The summed E-state index contributed by atoms with van der Waals surface area (Å²) in [6, 6.07) is 20.9. The highest BCUT2D eigenvalue weighted by atomic mass is 28.4. The predicted octanol–water partition coefficient (Wildman–Crippen LogP) is 5.60. The Labute approximate surface area is 165 Å². The number of benzene rings is 2. The van der Waals surface area contributed by atoms with Crippen molar-refractivity contribution in [3.8, 4) is 11.5 Å². The van der Waals surface area contributed by atoms with E-state index in [1.807, 2.05) is 24.3 Å². The molecular weight excluding hydrogens is 344 g/mol. The standard InChI is InChI=1S/C25H30OSi/c1-3-4-12-23-15-11-16-24(21-23)26-27(2,25-17-9-6-10-18-25)20-19-22-13-7-5-8-14-22/h3,5-10,13-14,17-18,23-24H,1,4,11-12,15-16,21H2,2H3/t23-,24+,27?/m0/s1. The Kier molecular flexibility index (Phi) is 7.09. The lowest BCUT2D eigenvalue weighted by atomic mass is 9.84. The highest BCUT2D eigenvalue weighted by Gasteiger charge is 2.35. The summed E-state index contributed by atoms with van der Waals surface area (Å²) >= 11 is 0. The van der Waals surface area contributed by atoms with Gasteiger partial charge in [0, 0.05) is 11.7 Å². The molecule has 140 valence electrons. The molecule has 1 aliphatic rings. The summed E-state index contributed by atoms with van der Waals surface area (Å²) in [5, 5.41) is 1.27. The van der Waals surface area contributed by atoms with Crippen LogP contribution in [-0.2, 0) is 4.43 Å². The van der Waals surface area contributed by atoms with Gasteiger partial charge in [-0.05, 0) is 55.5 Å². The van der Waals surface area contributed by atoms with Crippen molar-refractivity contribution < 1.29 is 4.43 Å². The highest BCUT2D eigenvalue weighted by Crippen LogP contribution is 2.31. The monoisotopic (exact) mass is 374 g/mol. The zero-order valence-corrected chi connectivity index (χ0v) is 17.4. The van der Waals surface area contributed by atoms with Crippen molar-refractivity contribution in [2.45, 2.75) is 51.2 Å². The molecule has 2 aromatic rings. The van der Waals surface area contributed by atoms with Crippen molar-refractivity contribution in [2.75, 3.05) is 0 Å². The molecule has 1 saturated carbocycles. The van der Waals surface area contributed by atoms with E-state index in [0.29, 0.717) is 6.10 Å². The predicted molar refractivity (Wildman–Crippen MR) is 117 cm³/mol. The van der Waals surface area contributed by atoms with Crippen LogP contribution < -0.4 is 5.19 Å². The third-order valence-electron chi connectivity index (χ3n) is 5.46. The summed E-state index contributed by atoms with van der Waals surface area (Å²) in [5.41, 5.74) is 4.64. The fourth-order valence-corrected chi connectivity index (χ4v) is 6.37. The van der Waals surface area contributed by atoms with Crippen LogP contribution in [0.25, 0.3) is 0 Å². The van der Waals surface area contributed by atoms with E-state index in [1.165, 1.54) is 24.4 Å². The van der Waals surface area contributed by atoms with E-state index < -0.39 is 8.32 Å². The van der Waals surface area contributed by atoms with Gasteiger partial charge in [0.15, 0.2) is 0 Å². The summed E-state index contributed by atoms with van der Waals surface area (Å²) in [6.07, 6.45) is 9.63. The summed E-state index contributed by atoms with van der Waals surface area (Å²) in [7, 11) is -2.34. The van der Waals surface area contributed by atoms with E-state index >= 15 is 0 Å². The van der Waals surface area contributed by atoms with Gasteiger partial charge in [-0.2, -0.15) is 0 Å². The van der Waals surface area contributed by atoms with Gasteiger partial charge in [-0.1, -0.05) is 78.9 Å². The molecular formula is C25H30OSi. The maximum atomic E-state index is 6.84. The molecule has 1 aliphatic carbocycles. The van der Waals surface area contributed by atoms with Crippen LogP contribution in [0.5, 0.6) is 0 Å². The third kappa shape index (κ3) is 5.69. The second-order valence-electron chi connectivity index (χ2n) is 7.65. The second-order valence-corrected chi connectivity index (χ2v) is 10.8. The Morgan fingerprint density at radius 2 is 1.78 bits per heavy atom. The molecule has 0 spiro atoms. The van der Waals surface area contributed by atoms with Crippen LogP contribution in [0, 0.1) is 17.4 Å². The maximum Gasteiger partial charge on any atom is 0.301 e. The molecule has 0 N–H and O–H groups in total. The summed E-state index contributed by atoms with van der Waals surface area (Å²) < 4.78 is 6.84. The van der Waals surface area contributed by atoms with Gasteiger partial charge in [0.2, 0.25) is 0 Å². The lowest BCUT2D eigenvalue weighted by molar-refractivity contribution is 0.118. The van der Waals surface area contributed by atoms with Crippen molar-refractivity contribution in [2.24, 2.45) is 5.92 Å². The molecule has 1 unspecified atom stereocenters. The normalized spacial score (nSPS) is 21.5. The second kappa shape index (κ2) is 9.74. The Hall–Kier alpha value is -2.08. The quantitative estimate of drug-likeness (QED) is 0.363. The van der Waals surface area contributed by atoms with Crippen LogP contribution in [0.3, 0.4) is 0 Å². The molecule has 0 radical (unpaired) electrons. The molecule has 3 rings (SSSR count). The Morgan fingerprint density at radius 1 is 1.07 bits per heavy atom. The average Bonchev–Trinajstić information content (AvgIpc) is 2.72. The smallest absolute Gasteiger partial charge is 0.301 e. The fraction of sp³-hybridized carbons (Fsp3) is 0.360. The lowest BCUT2D eigenvalue weighted by Crippen LogP contribution is -2.50. The molecule has 2 heteroatoms. The maximum absolute atomic E-state index is 6.84. The van der Waals surface area contributed by atoms with Crippen LogP contribution in [0.1, 0.15) is 44.1 Å². The minimum absolute atomic E-state index is 0.329. The van der Waals surface area contributed by atoms with Gasteiger partial charge in [0.25, 0.3) is 0 Å². The first-order valence-corrected chi connectivity index (χ1v) is 12.5. The lowest BCUT2D eigenvalue weighted by Gasteiger charge is -2.34. The Morgan fingerprint density at radius 3 is 2.48 bits per heavy atom. The van der Waals surface area contributed by atoms with Gasteiger partial charge in [-0.25, -0.2) is 0 Å². The molecule has 27 heavy (non-hydrogen) atoms. The van der Waals surface area contributed by atoms with E-state index in [-0.39, 0.29) is 0 Å². The summed E-state index contributed by atoms with van der Waals surface area (Å²) in [4.78, 5) is 0. The summed E-state index contributed by atoms with van der Waals surface area (Å²) in [6.45, 7) is 6.13. The van der Waals surface area contributed by atoms with E-state index in [1.54, 1.807) is 0 Å². The molecule has 0 amide bonds. The van der Waals surface area contributed by atoms with Crippen molar-refractivity contribution >= 4 is 13.5 Å². The van der Waals surface area contributed by atoms with Gasteiger partial charge >= 0.3 is 8.32 Å². The average molecular weight is 375 g/mol. The number of hydrogen-bond acceptors (Lipinski definition) is 1. The van der Waals surface area contributed by atoms with E-state index in [9.17, 15) is 0 Å². The first kappa shape index (κ1) is 19.7. The van der Waals surface area contributed by atoms with Crippen LogP contribution in [0.15, 0.2) is 73.3 Å².